The van der Waals surface area contributed by atoms with Crippen molar-refractivity contribution in [3.8, 4) is 0 Å². The summed E-state index contributed by atoms with van der Waals surface area (Å²) < 4.78 is 6.06. The maximum Gasteiger partial charge on any atom is 0.128 e. The molecule has 94 valence electrons. The summed E-state index contributed by atoms with van der Waals surface area (Å²) in [5, 5.41) is 3.49. The van der Waals surface area contributed by atoms with Crippen LogP contribution < -0.4 is 10.2 Å². The monoisotopic (exact) mass is 299 g/mol. The molecule has 1 aliphatic rings. The second kappa shape index (κ2) is 6.33. The van der Waals surface area contributed by atoms with Gasteiger partial charge in [-0.3, -0.25) is 0 Å². The minimum Gasteiger partial charge on any atom is -0.383 e. The Kier molecular flexibility index (Phi) is 4.76. The Balaban J connectivity index is 1.83. The van der Waals surface area contributed by atoms with Crippen molar-refractivity contribution < 1.29 is 4.74 Å². The van der Waals surface area contributed by atoms with Crippen molar-refractivity contribution in [2.75, 3.05) is 38.3 Å². The second-order valence-electron chi connectivity index (χ2n) is 4.21. The fraction of sp³-hybridized carbons (Fsp3) is 0.583. The third-order valence-electron chi connectivity index (χ3n) is 2.96. The van der Waals surface area contributed by atoms with Crippen LogP contribution >= 0.6 is 15.9 Å². The summed E-state index contributed by atoms with van der Waals surface area (Å²) >= 11 is 3.40. The van der Waals surface area contributed by atoms with E-state index in [0.717, 1.165) is 36.5 Å². The number of ether oxygens (including phenoxy) is 1. The molecule has 1 fully saturated rings. The third-order valence-corrected chi connectivity index (χ3v) is 3.43. The summed E-state index contributed by atoms with van der Waals surface area (Å²) in [6.45, 7) is 3.79. The van der Waals surface area contributed by atoms with Crippen LogP contribution in [-0.4, -0.2) is 44.4 Å². The van der Waals surface area contributed by atoms with Gasteiger partial charge >= 0.3 is 0 Å². The first-order chi connectivity index (χ1) is 8.29. The van der Waals surface area contributed by atoms with Crippen LogP contribution in [0.15, 0.2) is 22.8 Å². The molecule has 1 aromatic heterocycles. The number of aromatic nitrogens is 1. The van der Waals surface area contributed by atoms with E-state index in [4.69, 9.17) is 4.74 Å². The van der Waals surface area contributed by atoms with E-state index in [1.165, 1.54) is 6.42 Å². The third kappa shape index (κ3) is 3.66. The van der Waals surface area contributed by atoms with Gasteiger partial charge in [0.1, 0.15) is 5.82 Å². The number of hydrogen-bond donors (Lipinski definition) is 1. The molecule has 0 amide bonds. The molecule has 1 saturated heterocycles. The molecule has 1 aromatic rings. The van der Waals surface area contributed by atoms with Crippen LogP contribution in [0.1, 0.15) is 6.42 Å². The van der Waals surface area contributed by atoms with E-state index >= 15 is 0 Å². The van der Waals surface area contributed by atoms with Gasteiger partial charge in [0.15, 0.2) is 0 Å². The highest BCUT2D eigenvalue weighted by Crippen LogP contribution is 2.19. The van der Waals surface area contributed by atoms with Crippen LogP contribution in [0.2, 0.25) is 0 Å². The zero-order valence-electron chi connectivity index (χ0n) is 10.0. The van der Waals surface area contributed by atoms with Crippen molar-refractivity contribution >= 4 is 21.7 Å². The number of anilines is 1. The van der Waals surface area contributed by atoms with Gasteiger partial charge in [0.25, 0.3) is 0 Å². The van der Waals surface area contributed by atoms with Crippen molar-refractivity contribution in [3.63, 3.8) is 0 Å². The van der Waals surface area contributed by atoms with Gasteiger partial charge in [-0.2, -0.15) is 0 Å². The zero-order chi connectivity index (χ0) is 12.1. The molecule has 2 rings (SSSR count). The van der Waals surface area contributed by atoms with Gasteiger partial charge in [-0.05, 0) is 34.5 Å². The fourth-order valence-electron chi connectivity index (χ4n) is 2.06. The molecule has 1 atom stereocenters. The average molecular weight is 300 g/mol. The maximum atomic E-state index is 5.03. The van der Waals surface area contributed by atoms with Gasteiger partial charge < -0.3 is 15.0 Å². The number of methoxy groups -OCH3 is 1. The molecule has 1 aliphatic heterocycles. The Morgan fingerprint density at radius 1 is 1.59 bits per heavy atom. The van der Waals surface area contributed by atoms with Crippen molar-refractivity contribution in [3.05, 3.63) is 22.8 Å². The van der Waals surface area contributed by atoms with Gasteiger partial charge in [0.05, 0.1) is 6.61 Å². The van der Waals surface area contributed by atoms with E-state index < -0.39 is 0 Å². The molecule has 0 aromatic carbocycles. The van der Waals surface area contributed by atoms with E-state index in [1.807, 2.05) is 12.3 Å². The predicted molar refractivity (Wildman–Crippen MR) is 72.4 cm³/mol. The highest BCUT2D eigenvalue weighted by Gasteiger charge is 2.22. The lowest BCUT2D eigenvalue weighted by atomic mass is 10.3. The molecular formula is C12H18BrN3O. The molecule has 1 unspecified atom stereocenters. The second-order valence-corrected chi connectivity index (χ2v) is 5.13. The summed E-state index contributed by atoms with van der Waals surface area (Å²) in [5.41, 5.74) is 0. The van der Waals surface area contributed by atoms with Crippen LogP contribution in [0.4, 0.5) is 5.82 Å². The summed E-state index contributed by atoms with van der Waals surface area (Å²) in [5.74, 6) is 1.06. The smallest absolute Gasteiger partial charge is 0.128 e. The summed E-state index contributed by atoms with van der Waals surface area (Å²) in [6, 6.07) is 4.64. The standard InChI is InChI=1S/C12H18BrN3O/c1-17-7-5-14-11-4-6-16(9-11)12-3-2-10(13)8-15-12/h2-3,8,11,14H,4-7,9H2,1H3. The molecule has 4 nitrogen and oxygen atoms in total. The zero-order valence-corrected chi connectivity index (χ0v) is 11.6. The minimum absolute atomic E-state index is 0.551. The normalized spacial score (nSPS) is 19.9. The summed E-state index contributed by atoms with van der Waals surface area (Å²) in [4.78, 5) is 6.73. The van der Waals surface area contributed by atoms with E-state index in [0.29, 0.717) is 6.04 Å². The molecule has 0 aliphatic carbocycles. The lowest BCUT2D eigenvalue weighted by Gasteiger charge is -2.17. The number of hydrogen-bond acceptors (Lipinski definition) is 4. The molecule has 5 heteroatoms. The molecule has 0 spiro atoms. The van der Waals surface area contributed by atoms with E-state index in [-0.39, 0.29) is 0 Å². The maximum absolute atomic E-state index is 5.03. The van der Waals surface area contributed by atoms with Gasteiger partial charge in [-0.25, -0.2) is 4.98 Å². The minimum atomic E-state index is 0.551. The first kappa shape index (κ1) is 12.8. The van der Waals surface area contributed by atoms with Crippen LogP contribution in [0.5, 0.6) is 0 Å². The van der Waals surface area contributed by atoms with Gasteiger partial charge in [0, 0.05) is 43.5 Å². The van der Waals surface area contributed by atoms with Crippen LogP contribution in [-0.2, 0) is 4.74 Å². The topological polar surface area (TPSA) is 37.4 Å². The average Bonchev–Trinajstić information content (AvgIpc) is 2.79. The van der Waals surface area contributed by atoms with E-state index in [9.17, 15) is 0 Å². The van der Waals surface area contributed by atoms with Crippen molar-refractivity contribution in [1.29, 1.82) is 0 Å². The molecule has 17 heavy (non-hydrogen) atoms. The first-order valence-corrected chi connectivity index (χ1v) is 6.67. The van der Waals surface area contributed by atoms with Gasteiger partial charge in [-0.1, -0.05) is 0 Å². The Morgan fingerprint density at radius 2 is 2.47 bits per heavy atom. The first-order valence-electron chi connectivity index (χ1n) is 5.88. The Hall–Kier alpha value is -0.650. The quantitative estimate of drug-likeness (QED) is 0.839. The highest BCUT2D eigenvalue weighted by atomic mass is 79.9. The molecule has 0 radical (unpaired) electrons. The number of rotatable bonds is 5. The van der Waals surface area contributed by atoms with Crippen LogP contribution in [0.3, 0.4) is 0 Å². The van der Waals surface area contributed by atoms with Crippen molar-refractivity contribution in [2.24, 2.45) is 0 Å². The summed E-state index contributed by atoms with van der Waals surface area (Å²) in [6.07, 6.45) is 3.02. The van der Waals surface area contributed by atoms with Crippen molar-refractivity contribution in [1.82, 2.24) is 10.3 Å². The van der Waals surface area contributed by atoms with Crippen molar-refractivity contribution in [2.45, 2.75) is 12.5 Å². The van der Waals surface area contributed by atoms with Gasteiger partial charge in [-0.15, -0.1) is 0 Å². The molecular weight excluding hydrogens is 282 g/mol. The largest absolute Gasteiger partial charge is 0.383 e. The Labute approximate surface area is 110 Å². The molecule has 1 N–H and O–H groups in total. The number of nitrogens with one attached hydrogen (secondary N) is 1. The lowest BCUT2D eigenvalue weighted by Crippen LogP contribution is -2.34. The molecule has 0 saturated carbocycles. The lowest BCUT2D eigenvalue weighted by molar-refractivity contribution is 0.196. The van der Waals surface area contributed by atoms with Crippen LogP contribution in [0.25, 0.3) is 0 Å². The fourth-order valence-corrected chi connectivity index (χ4v) is 2.29. The van der Waals surface area contributed by atoms with Crippen LogP contribution in [0, 0.1) is 0 Å². The van der Waals surface area contributed by atoms with Gasteiger partial charge in [0.2, 0.25) is 0 Å². The van der Waals surface area contributed by atoms with E-state index in [2.05, 4.69) is 37.2 Å². The Bertz CT molecular complexity index is 344. The molecule has 0 bridgehead atoms. The summed E-state index contributed by atoms with van der Waals surface area (Å²) in [7, 11) is 1.73. The highest BCUT2D eigenvalue weighted by molar-refractivity contribution is 9.10. The number of halogens is 1. The predicted octanol–water partition coefficient (Wildman–Crippen LogP) is 1.66. The van der Waals surface area contributed by atoms with E-state index in [1.54, 1.807) is 7.11 Å². The molecule has 2 heterocycles. The number of pyridine rings is 1. The Morgan fingerprint density at radius 3 is 3.18 bits per heavy atom. The SMILES string of the molecule is COCCNC1CCN(c2ccc(Br)cn2)C1. The number of nitrogens with zero attached hydrogens (tertiary/aromatic N) is 2.